The van der Waals surface area contributed by atoms with Crippen LogP contribution in [0.15, 0.2) is 48.8 Å². The normalized spacial score (nSPS) is 16.8. The fourth-order valence-corrected chi connectivity index (χ4v) is 3.65. The highest BCUT2D eigenvalue weighted by atomic mass is 16.7. The van der Waals surface area contributed by atoms with Crippen LogP contribution in [0.3, 0.4) is 0 Å². The Labute approximate surface area is 156 Å². The van der Waals surface area contributed by atoms with Crippen molar-refractivity contribution >= 4 is 11.6 Å². The van der Waals surface area contributed by atoms with E-state index in [0.717, 1.165) is 25.3 Å². The molecule has 7 heteroatoms. The summed E-state index contributed by atoms with van der Waals surface area (Å²) in [4.78, 5) is 21.5. The van der Waals surface area contributed by atoms with Crippen LogP contribution in [0, 0.1) is 0 Å². The van der Waals surface area contributed by atoms with Gasteiger partial charge in [0, 0.05) is 44.5 Å². The molecule has 0 N–H and O–H groups in total. The molecule has 0 atom stereocenters. The molecule has 138 valence electrons. The summed E-state index contributed by atoms with van der Waals surface area (Å²) in [5.74, 6) is 1.39. The molecule has 1 amide bonds. The summed E-state index contributed by atoms with van der Waals surface area (Å²) in [6.45, 7) is 4.16. The number of amides is 1. The highest BCUT2D eigenvalue weighted by molar-refractivity contribution is 5.95. The maximum atomic E-state index is 12.8. The van der Waals surface area contributed by atoms with Gasteiger partial charge >= 0.3 is 0 Å². The van der Waals surface area contributed by atoms with Gasteiger partial charge in [-0.1, -0.05) is 6.07 Å². The molecule has 4 heterocycles. The maximum absolute atomic E-state index is 12.8. The molecule has 0 aliphatic carbocycles. The summed E-state index contributed by atoms with van der Waals surface area (Å²) < 4.78 is 12.8. The lowest BCUT2D eigenvalue weighted by Crippen LogP contribution is -2.48. The van der Waals surface area contributed by atoms with E-state index < -0.39 is 0 Å². The zero-order valence-corrected chi connectivity index (χ0v) is 14.9. The number of carbonyl (C=O) groups is 1. The molecule has 2 aliphatic heterocycles. The topological polar surface area (TPSA) is 59.3 Å². The second kappa shape index (κ2) is 6.59. The Morgan fingerprint density at radius 2 is 1.89 bits per heavy atom. The number of hydrogen-bond acceptors (Lipinski definition) is 5. The molecule has 1 fully saturated rings. The van der Waals surface area contributed by atoms with E-state index in [1.807, 2.05) is 35.5 Å². The van der Waals surface area contributed by atoms with Gasteiger partial charge in [0.25, 0.3) is 5.91 Å². The van der Waals surface area contributed by atoms with Crippen molar-refractivity contribution in [2.24, 2.45) is 0 Å². The van der Waals surface area contributed by atoms with E-state index >= 15 is 0 Å². The third-order valence-corrected chi connectivity index (χ3v) is 5.16. The smallest absolute Gasteiger partial charge is 0.254 e. The Balaban J connectivity index is 1.23. The van der Waals surface area contributed by atoms with E-state index in [9.17, 15) is 4.79 Å². The predicted molar refractivity (Wildman–Crippen MR) is 98.9 cm³/mol. The SMILES string of the molecule is O=C(c1ccc2c(c1)OCO2)N1CCN(Cc2cnc3ccccn23)CC1. The highest BCUT2D eigenvalue weighted by Gasteiger charge is 2.24. The van der Waals surface area contributed by atoms with Crippen molar-refractivity contribution in [2.45, 2.75) is 6.54 Å². The number of aromatic nitrogens is 2. The molecule has 0 spiro atoms. The molecule has 3 aromatic rings. The highest BCUT2D eigenvalue weighted by Crippen LogP contribution is 2.32. The number of nitrogens with zero attached hydrogens (tertiary/aromatic N) is 4. The Kier molecular flexibility index (Phi) is 3.94. The quantitative estimate of drug-likeness (QED) is 0.712. The molecule has 0 radical (unpaired) electrons. The van der Waals surface area contributed by atoms with Gasteiger partial charge in [0.1, 0.15) is 5.65 Å². The molecule has 7 nitrogen and oxygen atoms in total. The Bertz CT molecular complexity index is 992. The Hall–Kier alpha value is -3.06. The van der Waals surface area contributed by atoms with Gasteiger partial charge in [-0.05, 0) is 30.3 Å². The summed E-state index contributed by atoms with van der Waals surface area (Å²) in [6.07, 6.45) is 3.97. The van der Waals surface area contributed by atoms with E-state index in [4.69, 9.17) is 9.47 Å². The lowest BCUT2D eigenvalue weighted by molar-refractivity contribution is 0.0626. The maximum Gasteiger partial charge on any atom is 0.254 e. The van der Waals surface area contributed by atoms with Crippen molar-refractivity contribution in [3.05, 3.63) is 60.0 Å². The van der Waals surface area contributed by atoms with E-state index in [2.05, 4.69) is 14.3 Å². The fraction of sp³-hybridized carbons (Fsp3) is 0.300. The van der Waals surface area contributed by atoms with Gasteiger partial charge in [0.2, 0.25) is 6.79 Å². The molecule has 2 aromatic heterocycles. The molecule has 1 saturated heterocycles. The van der Waals surface area contributed by atoms with E-state index in [0.29, 0.717) is 30.2 Å². The minimum atomic E-state index is 0.0442. The number of ether oxygens (including phenoxy) is 2. The van der Waals surface area contributed by atoms with Crippen LogP contribution in [0.5, 0.6) is 11.5 Å². The zero-order chi connectivity index (χ0) is 18.2. The zero-order valence-electron chi connectivity index (χ0n) is 14.9. The first-order valence-electron chi connectivity index (χ1n) is 9.10. The van der Waals surface area contributed by atoms with E-state index in [1.165, 1.54) is 5.69 Å². The largest absolute Gasteiger partial charge is 0.454 e. The lowest BCUT2D eigenvalue weighted by atomic mass is 10.1. The predicted octanol–water partition coefficient (Wildman–Crippen LogP) is 2.02. The van der Waals surface area contributed by atoms with Crippen LogP contribution < -0.4 is 9.47 Å². The number of rotatable bonds is 3. The second-order valence-electron chi connectivity index (χ2n) is 6.81. The summed E-state index contributed by atoms with van der Waals surface area (Å²) >= 11 is 0. The first-order valence-corrected chi connectivity index (χ1v) is 9.10. The molecule has 0 unspecified atom stereocenters. The third kappa shape index (κ3) is 3.00. The van der Waals surface area contributed by atoms with Crippen molar-refractivity contribution in [1.82, 2.24) is 19.2 Å². The average molecular weight is 364 g/mol. The summed E-state index contributed by atoms with van der Waals surface area (Å²) in [5.41, 5.74) is 2.78. The van der Waals surface area contributed by atoms with Crippen LogP contribution in [-0.2, 0) is 6.54 Å². The van der Waals surface area contributed by atoms with Crippen molar-refractivity contribution in [1.29, 1.82) is 0 Å². The summed E-state index contributed by atoms with van der Waals surface area (Å²) in [5, 5.41) is 0. The Morgan fingerprint density at radius 1 is 1.04 bits per heavy atom. The molecule has 1 aromatic carbocycles. The average Bonchev–Trinajstić information content (AvgIpc) is 3.35. The number of imidazole rings is 1. The number of piperazine rings is 1. The van der Waals surface area contributed by atoms with Gasteiger partial charge in [-0.3, -0.25) is 9.69 Å². The molecule has 2 aliphatic rings. The van der Waals surface area contributed by atoms with Gasteiger partial charge in [0.05, 0.1) is 11.9 Å². The van der Waals surface area contributed by atoms with Crippen LogP contribution in [0.25, 0.3) is 5.65 Å². The first kappa shape index (κ1) is 16.1. The van der Waals surface area contributed by atoms with Gasteiger partial charge in [-0.15, -0.1) is 0 Å². The van der Waals surface area contributed by atoms with Crippen LogP contribution in [-0.4, -0.2) is 58.1 Å². The van der Waals surface area contributed by atoms with Gasteiger partial charge < -0.3 is 18.8 Å². The molecule has 0 saturated carbocycles. The molecule has 5 rings (SSSR count). The number of benzene rings is 1. The Morgan fingerprint density at radius 3 is 2.78 bits per heavy atom. The number of hydrogen-bond donors (Lipinski definition) is 0. The first-order chi connectivity index (χ1) is 13.3. The number of fused-ring (bicyclic) bond motifs is 2. The van der Waals surface area contributed by atoms with Gasteiger partial charge in [-0.2, -0.15) is 0 Å². The fourth-order valence-electron chi connectivity index (χ4n) is 3.65. The lowest BCUT2D eigenvalue weighted by Gasteiger charge is -2.34. The minimum absolute atomic E-state index is 0.0442. The minimum Gasteiger partial charge on any atom is -0.454 e. The van der Waals surface area contributed by atoms with Crippen LogP contribution in [0.4, 0.5) is 0 Å². The monoisotopic (exact) mass is 364 g/mol. The van der Waals surface area contributed by atoms with Crippen LogP contribution >= 0.6 is 0 Å². The van der Waals surface area contributed by atoms with Crippen molar-refractivity contribution in [2.75, 3.05) is 33.0 Å². The van der Waals surface area contributed by atoms with Crippen LogP contribution in [0.1, 0.15) is 16.1 Å². The van der Waals surface area contributed by atoms with Gasteiger partial charge in [-0.25, -0.2) is 4.98 Å². The summed E-state index contributed by atoms with van der Waals surface area (Å²) in [7, 11) is 0. The van der Waals surface area contributed by atoms with Crippen LogP contribution in [0.2, 0.25) is 0 Å². The van der Waals surface area contributed by atoms with E-state index in [-0.39, 0.29) is 12.7 Å². The second-order valence-corrected chi connectivity index (χ2v) is 6.81. The standard InChI is InChI=1S/C20H20N4O3/c25-20(15-4-5-17-18(11-15)27-14-26-17)23-9-7-22(8-10-23)13-16-12-21-19-3-1-2-6-24(16)19/h1-6,11-12H,7-10,13-14H2. The third-order valence-electron chi connectivity index (χ3n) is 5.16. The van der Waals surface area contributed by atoms with Gasteiger partial charge in [0.15, 0.2) is 11.5 Å². The molecular weight excluding hydrogens is 344 g/mol. The molecular formula is C20H20N4O3. The number of pyridine rings is 1. The molecule has 27 heavy (non-hydrogen) atoms. The van der Waals surface area contributed by atoms with Crippen molar-refractivity contribution in [3.63, 3.8) is 0 Å². The summed E-state index contributed by atoms with van der Waals surface area (Å²) in [6, 6.07) is 11.4. The number of carbonyl (C=O) groups excluding carboxylic acids is 1. The van der Waals surface area contributed by atoms with Crippen molar-refractivity contribution < 1.29 is 14.3 Å². The molecule has 0 bridgehead atoms. The van der Waals surface area contributed by atoms with Crippen molar-refractivity contribution in [3.8, 4) is 11.5 Å². The van der Waals surface area contributed by atoms with E-state index in [1.54, 1.807) is 18.2 Å².